The fourth-order valence-corrected chi connectivity index (χ4v) is 3.22. The lowest BCUT2D eigenvalue weighted by Gasteiger charge is -2.22. The molecule has 3 rings (SSSR count). The Kier molecular flexibility index (Phi) is 3.53. The number of aromatic carboxylic acids is 1. The predicted octanol–water partition coefficient (Wildman–Crippen LogP) is 2.66. The maximum atomic E-state index is 11.5. The number of aryl methyl sites for hydroxylation is 1. The first-order valence-corrected chi connectivity index (χ1v) is 7.38. The molecule has 0 saturated heterocycles. The molecule has 0 aromatic carbocycles. The van der Waals surface area contributed by atoms with Gasteiger partial charge in [0.2, 0.25) is 0 Å². The van der Waals surface area contributed by atoms with Gasteiger partial charge in [0.1, 0.15) is 5.56 Å². The zero-order valence-corrected chi connectivity index (χ0v) is 12.3. The second kappa shape index (κ2) is 5.35. The topological polar surface area (TPSA) is 80.0 Å². The third kappa shape index (κ3) is 2.46. The summed E-state index contributed by atoms with van der Waals surface area (Å²) >= 11 is 0. The monoisotopic (exact) mass is 288 g/mol. The second-order valence-electron chi connectivity index (χ2n) is 5.84. The number of nitrogens with zero attached hydrogens (tertiary/aromatic N) is 3. The van der Waals surface area contributed by atoms with Gasteiger partial charge in [0.15, 0.2) is 5.65 Å². The van der Waals surface area contributed by atoms with Crippen molar-refractivity contribution in [2.24, 2.45) is 13.0 Å². The first-order valence-electron chi connectivity index (χ1n) is 7.38. The molecule has 21 heavy (non-hydrogen) atoms. The Morgan fingerprint density at radius 2 is 2.14 bits per heavy atom. The Balaban J connectivity index is 2.01. The molecule has 2 heterocycles. The van der Waals surface area contributed by atoms with Gasteiger partial charge in [-0.2, -0.15) is 5.10 Å². The summed E-state index contributed by atoms with van der Waals surface area (Å²) in [5, 5.41) is 17.8. The van der Waals surface area contributed by atoms with Gasteiger partial charge in [-0.3, -0.25) is 4.68 Å². The Morgan fingerprint density at radius 1 is 1.43 bits per heavy atom. The normalized spacial score (nSPS) is 17.2. The van der Waals surface area contributed by atoms with Crippen molar-refractivity contribution in [2.45, 2.75) is 38.6 Å². The van der Waals surface area contributed by atoms with Crippen LogP contribution >= 0.6 is 0 Å². The van der Waals surface area contributed by atoms with Crippen molar-refractivity contribution in [3.05, 3.63) is 18.0 Å². The van der Waals surface area contributed by atoms with Crippen molar-refractivity contribution in [1.29, 1.82) is 0 Å². The van der Waals surface area contributed by atoms with Gasteiger partial charge < -0.3 is 10.4 Å². The predicted molar refractivity (Wildman–Crippen MR) is 80.5 cm³/mol. The molecule has 0 bridgehead atoms. The Morgan fingerprint density at radius 3 is 2.81 bits per heavy atom. The quantitative estimate of drug-likeness (QED) is 0.904. The third-order valence-corrected chi connectivity index (χ3v) is 4.47. The number of pyridine rings is 1. The van der Waals surface area contributed by atoms with E-state index in [-0.39, 0.29) is 11.6 Å². The standard InChI is InChI=1S/C15H20N4O2/c1-9(10-5-3-4-6-10)18-13-11-8-17-19(2)14(11)16-7-12(13)15(20)21/h7-10H,3-6H2,1-2H3,(H,16,18)(H,20,21). The average molecular weight is 288 g/mol. The molecule has 112 valence electrons. The van der Waals surface area contributed by atoms with Crippen LogP contribution in [0.3, 0.4) is 0 Å². The fourth-order valence-electron chi connectivity index (χ4n) is 3.22. The minimum absolute atomic E-state index is 0.209. The summed E-state index contributed by atoms with van der Waals surface area (Å²) in [6, 6.07) is 0.247. The summed E-state index contributed by atoms with van der Waals surface area (Å²) in [7, 11) is 1.81. The molecule has 1 atom stereocenters. The van der Waals surface area contributed by atoms with Crippen LogP contribution in [-0.4, -0.2) is 31.9 Å². The van der Waals surface area contributed by atoms with Crippen molar-refractivity contribution in [1.82, 2.24) is 14.8 Å². The number of carboxylic acid groups (broad SMARTS) is 1. The number of hydrogen-bond donors (Lipinski definition) is 2. The second-order valence-corrected chi connectivity index (χ2v) is 5.84. The number of rotatable bonds is 4. The summed E-state index contributed by atoms with van der Waals surface area (Å²) in [5.41, 5.74) is 1.54. The van der Waals surface area contributed by atoms with Crippen molar-refractivity contribution in [3.8, 4) is 0 Å². The molecular formula is C15H20N4O2. The third-order valence-electron chi connectivity index (χ3n) is 4.47. The number of carboxylic acids is 1. The van der Waals surface area contributed by atoms with Gasteiger partial charge >= 0.3 is 5.97 Å². The van der Waals surface area contributed by atoms with Crippen molar-refractivity contribution >= 4 is 22.7 Å². The highest BCUT2D eigenvalue weighted by atomic mass is 16.4. The molecule has 1 fully saturated rings. The number of aromatic nitrogens is 3. The molecule has 1 aliphatic rings. The molecule has 1 aliphatic carbocycles. The highest BCUT2D eigenvalue weighted by molar-refractivity contribution is 6.03. The van der Waals surface area contributed by atoms with Crippen LogP contribution in [0, 0.1) is 5.92 Å². The summed E-state index contributed by atoms with van der Waals surface area (Å²) in [6.45, 7) is 2.13. The minimum Gasteiger partial charge on any atom is -0.478 e. The number of fused-ring (bicyclic) bond motifs is 1. The molecule has 6 heteroatoms. The molecule has 2 aromatic heterocycles. The Labute approximate surface area is 123 Å². The van der Waals surface area contributed by atoms with Gasteiger partial charge in [0, 0.05) is 19.3 Å². The molecule has 2 N–H and O–H groups in total. The Bertz CT molecular complexity index is 674. The van der Waals surface area contributed by atoms with E-state index in [1.165, 1.54) is 31.9 Å². The number of carbonyl (C=O) groups is 1. The molecule has 2 aromatic rings. The zero-order chi connectivity index (χ0) is 15.0. The number of hydrogen-bond acceptors (Lipinski definition) is 4. The van der Waals surface area contributed by atoms with E-state index in [1.54, 1.807) is 17.9 Å². The van der Waals surface area contributed by atoms with Crippen LogP contribution in [0.15, 0.2) is 12.4 Å². The van der Waals surface area contributed by atoms with Gasteiger partial charge in [0.05, 0.1) is 17.3 Å². The summed E-state index contributed by atoms with van der Waals surface area (Å²) in [4.78, 5) is 15.7. The molecule has 0 amide bonds. The van der Waals surface area contributed by atoms with Crippen molar-refractivity contribution in [3.63, 3.8) is 0 Å². The number of nitrogens with one attached hydrogen (secondary N) is 1. The SMILES string of the molecule is CC(Nc1c(C(=O)O)cnc2c1cnn2C)C1CCCC1. The molecule has 0 aliphatic heterocycles. The molecule has 0 radical (unpaired) electrons. The molecule has 1 saturated carbocycles. The van der Waals surface area contributed by atoms with Crippen LogP contribution in [0.5, 0.6) is 0 Å². The summed E-state index contributed by atoms with van der Waals surface area (Å²) in [5.74, 6) is -0.360. The van der Waals surface area contributed by atoms with E-state index in [9.17, 15) is 9.90 Å². The molecule has 6 nitrogen and oxygen atoms in total. The molecule has 0 spiro atoms. The summed E-state index contributed by atoms with van der Waals surface area (Å²) in [6.07, 6.45) is 8.03. The summed E-state index contributed by atoms with van der Waals surface area (Å²) < 4.78 is 1.66. The lowest BCUT2D eigenvalue weighted by molar-refractivity contribution is 0.0697. The maximum absolute atomic E-state index is 11.5. The van der Waals surface area contributed by atoms with Crippen LogP contribution in [0.1, 0.15) is 43.0 Å². The zero-order valence-electron chi connectivity index (χ0n) is 12.3. The maximum Gasteiger partial charge on any atom is 0.339 e. The van der Waals surface area contributed by atoms with Crippen LogP contribution in [0.25, 0.3) is 11.0 Å². The molecular weight excluding hydrogens is 268 g/mol. The van der Waals surface area contributed by atoms with Crippen LogP contribution in [0.2, 0.25) is 0 Å². The van der Waals surface area contributed by atoms with E-state index in [2.05, 4.69) is 22.3 Å². The minimum atomic E-state index is -0.964. The lowest BCUT2D eigenvalue weighted by Crippen LogP contribution is -2.25. The van der Waals surface area contributed by atoms with Crippen LogP contribution in [0.4, 0.5) is 5.69 Å². The van der Waals surface area contributed by atoms with E-state index >= 15 is 0 Å². The van der Waals surface area contributed by atoms with E-state index in [0.29, 0.717) is 17.3 Å². The van der Waals surface area contributed by atoms with Gasteiger partial charge in [-0.1, -0.05) is 12.8 Å². The first-order chi connectivity index (χ1) is 10.1. The van der Waals surface area contributed by atoms with Crippen LogP contribution < -0.4 is 5.32 Å². The highest BCUT2D eigenvalue weighted by Gasteiger charge is 2.24. The number of anilines is 1. The van der Waals surface area contributed by atoms with Crippen molar-refractivity contribution < 1.29 is 9.90 Å². The fraction of sp³-hybridized carbons (Fsp3) is 0.533. The molecule has 1 unspecified atom stereocenters. The first kappa shape index (κ1) is 13.9. The van der Waals surface area contributed by atoms with E-state index < -0.39 is 5.97 Å². The van der Waals surface area contributed by atoms with Gasteiger partial charge in [-0.15, -0.1) is 0 Å². The van der Waals surface area contributed by atoms with E-state index in [1.807, 2.05) is 0 Å². The average Bonchev–Trinajstić information content (AvgIpc) is 3.09. The highest BCUT2D eigenvalue weighted by Crippen LogP contribution is 2.32. The van der Waals surface area contributed by atoms with Gasteiger partial charge in [-0.05, 0) is 25.7 Å². The Hall–Kier alpha value is -2.11. The van der Waals surface area contributed by atoms with E-state index in [0.717, 1.165) is 5.39 Å². The van der Waals surface area contributed by atoms with Crippen LogP contribution in [-0.2, 0) is 7.05 Å². The van der Waals surface area contributed by atoms with Gasteiger partial charge in [0.25, 0.3) is 0 Å². The smallest absolute Gasteiger partial charge is 0.339 e. The lowest BCUT2D eigenvalue weighted by atomic mass is 9.99. The van der Waals surface area contributed by atoms with E-state index in [4.69, 9.17) is 0 Å². The van der Waals surface area contributed by atoms with Gasteiger partial charge in [-0.25, -0.2) is 9.78 Å². The van der Waals surface area contributed by atoms with Crippen molar-refractivity contribution in [2.75, 3.05) is 5.32 Å². The largest absolute Gasteiger partial charge is 0.478 e.